The van der Waals surface area contributed by atoms with Gasteiger partial charge in [0.05, 0.1) is 5.60 Å². The van der Waals surface area contributed by atoms with E-state index in [1.165, 1.54) is 0 Å². The zero-order valence-corrected chi connectivity index (χ0v) is 8.11. The van der Waals surface area contributed by atoms with Gasteiger partial charge in [0.2, 0.25) is 5.82 Å². The molecule has 0 saturated heterocycles. The third-order valence-corrected chi connectivity index (χ3v) is 1.45. The molecule has 13 heavy (non-hydrogen) atoms. The van der Waals surface area contributed by atoms with Crippen LogP contribution < -0.4 is 0 Å². The molecule has 0 aliphatic heterocycles. The second kappa shape index (κ2) is 3.58. The topological polar surface area (TPSA) is 50.8 Å². The van der Waals surface area contributed by atoms with Crippen LogP contribution in [0.1, 0.15) is 26.6 Å². The van der Waals surface area contributed by atoms with Crippen molar-refractivity contribution in [1.29, 1.82) is 5.26 Å². The molecular formula is C9H13N3O. The molecule has 0 radical (unpaired) electrons. The molecule has 0 bridgehead atoms. The number of imidazole rings is 1. The average Bonchev–Trinajstić information content (AvgIpc) is 2.46. The molecule has 0 saturated carbocycles. The van der Waals surface area contributed by atoms with E-state index in [4.69, 9.17) is 10.00 Å². The summed E-state index contributed by atoms with van der Waals surface area (Å²) in [5, 5.41) is 8.65. The third-order valence-electron chi connectivity index (χ3n) is 1.45. The predicted molar refractivity (Wildman–Crippen MR) is 47.8 cm³/mol. The molecule has 0 atom stereocenters. The van der Waals surface area contributed by atoms with Gasteiger partial charge < -0.3 is 4.74 Å². The summed E-state index contributed by atoms with van der Waals surface area (Å²) in [5.41, 5.74) is -0.197. The Bertz CT molecular complexity index is 316. The first-order chi connectivity index (χ1) is 6.03. The zero-order valence-electron chi connectivity index (χ0n) is 8.11. The van der Waals surface area contributed by atoms with Crippen molar-refractivity contribution in [2.75, 3.05) is 0 Å². The maximum Gasteiger partial charge on any atom is 0.214 e. The van der Waals surface area contributed by atoms with Crippen LogP contribution in [-0.4, -0.2) is 15.2 Å². The van der Waals surface area contributed by atoms with Crippen molar-refractivity contribution in [2.24, 2.45) is 0 Å². The lowest BCUT2D eigenvalue weighted by atomic mass is 10.2. The van der Waals surface area contributed by atoms with Gasteiger partial charge in [0, 0.05) is 12.4 Å². The summed E-state index contributed by atoms with van der Waals surface area (Å²) in [6.07, 6.45) is 3.31. The van der Waals surface area contributed by atoms with Crippen molar-refractivity contribution < 1.29 is 4.74 Å². The highest BCUT2D eigenvalue weighted by Gasteiger charge is 2.10. The second-order valence-electron chi connectivity index (χ2n) is 3.72. The summed E-state index contributed by atoms with van der Waals surface area (Å²) in [6, 6.07) is 1.98. The largest absolute Gasteiger partial charge is 0.355 e. The van der Waals surface area contributed by atoms with Crippen molar-refractivity contribution in [2.45, 2.75) is 33.1 Å². The van der Waals surface area contributed by atoms with Gasteiger partial charge in [-0.1, -0.05) is 0 Å². The number of hydrogen-bond acceptors (Lipinski definition) is 3. The number of hydrogen-bond donors (Lipinski definition) is 0. The molecule has 70 valence electrons. The summed E-state index contributed by atoms with van der Waals surface area (Å²) < 4.78 is 7.16. The smallest absolute Gasteiger partial charge is 0.214 e. The molecular weight excluding hydrogens is 166 g/mol. The van der Waals surface area contributed by atoms with Crippen LogP contribution in [0.5, 0.6) is 0 Å². The number of rotatable bonds is 2. The summed E-state index contributed by atoms with van der Waals surface area (Å²) in [7, 11) is 0. The van der Waals surface area contributed by atoms with Crippen LogP contribution >= 0.6 is 0 Å². The van der Waals surface area contributed by atoms with Crippen LogP contribution in [0.2, 0.25) is 0 Å². The van der Waals surface area contributed by atoms with Crippen LogP contribution in [0.25, 0.3) is 0 Å². The third kappa shape index (κ3) is 2.88. The Morgan fingerprint density at radius 1 is 1.62 bits per heavy atom. The van der Waals surface area contributed by atoms with Gasteiger partial charge in [-0.15, -0.1) is 0 Å². The Labute approximate surface area is 77.8 Å². The van der Waals surface area contributed by atoms with Crippen molar-refractivity contribution in [3.05, 3.63) is 18.2 Å². The summed E-state index contributed by atoms with van der Waals surface area (Å²) in [4.78, 5) is 3.86. The van der Waals surface area contributed by atoms with Crippen molar-refractivity contribution in [3.8, 4) is 6.07 Å². The van der Waals surface area contributed by atoms with Crippen LogP contribution in [0.3, 0.4) is 0 Å². The lowest BCUT2D eigenvalue weighted by Gasteiger charge is -2.19. The number of ether oxygens (including phenoxy) is 1. The van der Waals surface area contributed by atoms with Gasteiger partial charge in [0.25, 0.3) is 0 Å². The van der Waals surface area contributed by atoms with Crippen LogP contribution in [0.4, 0.5) is 0 Å². The predicted octanol–water partition coefficient (Wildman–Crippen LogP) is 1.53. The maximum absolute atomic E-state index is 8.65. The fourth-order valence-corrected chi connectivity index (χ4v) is 0.790. The minimum atomic E-state index is -0.197. The highest BCUT2D eigenvalue weighted by molar-refractivity contribution is 5.10. The van der Waals surface area contributed by atoms with Gasteiger partial charge in [0.1, 0.15) is 12.8 Å². The van der Waals surface area contributed by atoms with E-state index < -0.39 is 0 Å². The average molecular weight is 179 g/mol. The highest BCUT2D eigenvalue weighted by atomic mass is 16.5. The van der Waals surface area contributed by atoms with E-state index in [2.05, 4.69) is 4.98 Å². The fourth-order valence-electron chi connectivity index (χ4n) is 0.790. The minimum absolute atomic E-state index is 0.197. The molecule has 1 heterocycles. The quantitative estimate of drug-likeness (QED) is 0.691. The molecule has 1 rings (SSSR count). The Morgan fingerprint density at radius 3 is 2.85 bits per heavy atom. The van der Waals surface area contributed by atoms with E-state index in [1.807, 2.05) is 26.8 Å². The van der Waals surface area contributed by atoms with E-state index in [9.17, 15) is 0 Å². The van der Waals surface area contributed by atoms with Gasteiger partial charge >= 0.3 is 0 Å². The minimum Gasteiger partial charge on any atom is -0.355 e. The van der Waals surface area contributed by atoms with Gasteiger partial charge in [0.15, 0.2) is 0 Å². The molecule has 1 aromatic rings. The zero-order chi connectivity index (χ0) is 9.90. The van der Waals surface area contributed by atoms with E-state index in [0.29, 0.717) is 12.6 Å². The molecule has 4 heteroatoms. The first kappa shape index (κ1) is 9.75. The molecule has 0 spiro atoms. The van der Waals surface area contributed by atoms with Gasteiger partial charge in [-0.3, -0.25) is 4.57 Å². The van der Waals surface area contributed by atoms with Gasteiger partial charge in [-0.25, -0.2) is 4.98 Å². The molecule has 0 unspecified atom stereocenters. The molecule has 0 aliphatic rings. The van der Waals surface area contributed by atoms with Crippen LogP contribution in [-0.2, 0) is 11.5 Å². The molecule has 0 fully saturated rings. The molecule has 4 nitrogen and oxygen atoms in total. The van der Waals surface area contributed by atoms with Gasteiger partial charge in [-0.2, -0.15) is 5.26 Å². The van der Waals surface area contributed by atoms with Crippen molar-refractivity contribution in [1.82, 2.24) is 9.55 Å². The Morgan fingerprint density at radius 2 is 2.31 bits per heavy atom. The second-order valence-corrected chi connectivity index (χ2v) is 3.72. The number of nitriles is 1. The van der Waals surface area contributed by atoms with Crippen molar-refractivity contribution in [3.63, 3.8) is 0 Å². The lowest BCUT2D eigenvalue weighted by molar-refractivity contribution is -0.0435. The first-order valence-electron chi connectivity index (χ1n) is 4.08. The Balaban J connectivity index is 2.61. The normalized spacial score (nSPS) is 11.2. The summed E-state index contributed by atoms with van der Waals surface area (Å²) >= 11 is 0. The highest BCUT2D eigenvalue weighted by Crippen LogP contribution is 2.08. The molecule has 1 aromatic heterocycles. The standard InChI is InChI=1S/C9H13N3O/c1-9(2,3)13-7-12-5-4-11-8(12)6-10/h4-5H,7H2,1-3H3. The summed E-state index contributed by atoms with van der Waals surface area (Å²) in [6.45, 7) is 6.27. The van der Waals surface area contributed by atoms with E-state index in [-0.39, 0.29) is 5.60 Å². The van der Waals surface area contributed by atoms with Gasteiger partial charge in [-0.05, 0) is 20.8 Å². The SMILES string of the molecule is CC(C)(C)OCn1ccnc1C#N. The van der Waals surface area contributed by atoms with E-state index >= 15 is 0 Å². The molecule has 0 amide bonds. The molecule has 0 aromatic carbocycles. The van der Waals surface area contributed by atoms with E-state index in [1.54, 1.807) is 17.0 Å². The molecule has 0 aliphatic carbocycles. The number of aromatic nitrogens is 2. The Kier molecular flexibility index (Phi) is 2.69. The fraction of sp³-hybridized carbons (Fsp3) is 0.556. The lowest BCUT2D eigenvalue weighted by Crippen LogP contribution is -2.21. The monoisotopic (exact) mass is 179 g/mol. The molecule has 0 N–H and O–H groups in total. The number of nitrogens with zero attached hydrogens (tertiary/aromatic N) is 3. The van der Waals surface area contributed by atoms with Crippen LogP contribution in [0, 0.1) is 11.3 Å². The van der Waals surface area contributed by atoms with Crippen LogP contribution in [0.15, 0.2) is 12.4 Å². The van der Waals surface area contributed by atoms with Crippen molar-refractivity contribution >= 4 is 0 Å². The maximum atomic E-state index is 8.65. The summed E-state index contributed by atoms with van der Waals surface area (Å²) in [5.74, 6) is 0.379. The first-order valence-corrected chi connectivity index (χ1v) is 4.08. The Hall–Kier alpha value is -1.34. The van der Waals surface area contributed by atoms with E-state index in [0.717, 1.165) is 0 Å².